The molecule has 0 N–H and O–H groups in total. The molecule has 186 valence electrons. The predicted octanol–water partition coefficient (Wildman–Crippen LogP) is 4.94. The maximum absolute atomic E-state index is 13.9. The van der Waals surface area contributed by atoms with Crippen LogP contribution in [-0.4, -0.2) is 30.1 Å². The van der Waals surface area contributed by atoms with E-state index in [1.165, 1.54) is 29.3 Å². The molecule has 9 heteroatoms. The molecule has 1 fully saturated rings. The van der Waals surface area contributed by atoms with Gasteiger partial charge < -0.3 is 9.47 Å². The van der Waals surface area contributed by atoms with Crippen LogP contribution in [-0.2, 0) is 23.9 Å². The van der Waals surface area contributed by atoms with Gasteiger partial charge in [0, 0.05) is 12.1 Å². The number of esters is 2. The molecule has 1 aliphatic rings. The summed E-state index contributed by atoms with van der Waals surface area (Å²) in [6.07, 6.45) is -1.19. The largest absolute Gasteiger partial charge is 0.465 e. The number of non-ortho nitro benzene ring substituents is 1. The number of anilines is 1. The van der Waals surface area contributed by atoms with E-state index in [9.17, 15) is 19.7 Å². The Kier molecular flexibility index (Phi) is 7.30. The van der Waals surface area contributed by atoms with Crippen LogP contribution in [0.25, 0.3) is 0 Å². The van der Waals surface area contributed by atoms with Gasteiger partial charge in [-0.05, 0) is 49.2 Å². The normalized spacial score (nSPS) is 18.4. The van der Waals surface area contributed by atoms with Crippen LogP contribution in [0.4, 0.5) is 11.4 Å². The molecular formula is C27H26N2O7. The first-order valence-corrected chi connectivity index (χ1v) is 11.6. The van der Waals surface area contributed by atoms with Crippen LogP contribution >= 0.6 is 0 Å². The van der Waals surface area contributed by atoms with Crippen molar-refractivity contribution < 1.29 is 28.8 Å². The second-order valence-electron chi connectivity index (χ2n) is 8.12. The molecule has 3 aromatic rings. The standard InChI is InChI=1S/C27H26N2O7/c1-3-34-25(30)27(26(31)35-4-2)23(19-11-7-5-8-12-19)28(21-13-9-6-10-14-21)36-24(27)20-15-17-22(18-16-20)29(32)33/h5-18,23-24H,3-4H2,1-2H3/t23-,24-/m0/s1. The Morgan fingerprint density at radius 1 is 0.861 bits per heavy atom. The Morgan fingerprint density at radius 2 is 1.39 bits per heavy atom. The third kappa shape index (κ3) is 4.29. The number of hydroxylamine groups is 1. The van der Waals surface area contributed by atoms with Gasteiger partial charge in [0.15, 0.2) is 0 Å². The van der Waals surface area contributed by atoms with Crippen molar-refractivity contribution in [3.8, 4) is 0 Å². The number of para-hydroxylation sites is 1. The molecule has 0 spiro atoms. The maximum atomic E-state index is 13.9. The van der Waals surface area contributed by atoms with E-state index < -0.39 is 34.4 Å². The zero-order valence-corrected chi connectivity index (χ0v) is 19.9. The van der Waals surface area contributed by atoms with Crippen molar-refractivity contribution in [3.63, 3.8) is 0 Å². The fraction of sp³-hybridized carbons (Fsp3) is 0.259. The minimum atomic E-state index is -1.97. The van der Waals surface area contributed by atoms with Gasteiger partial charge in [-0.3, -0.25) is 24.5 Å². The maximum Gasteiger partial charge on any atom is 0.329 e. The van der Waals surface area contributed by atoms with Gasteiger partial charge in [-0.1, -0.05) is 48.5 Å². The van der Waals surface area contributed by atoms with Crippen molar-refractivity contribution in [2.45, 2.75) is 26.0 Å². The summed E-state index contributed by atoms with van der Waals surface area (Å²) < 4.78 is 11.0. The van der Waals surface area contributed by atoms with Crippen molar-refractivity contribution in [3.05, 3.63) is 106 Å². The predicted molar refractivity (Wildman–Crippen MR) is 131 cm³/mol. The Hall–Kier alpha value is -4.24. The summed E-state index contributed by atoms with van der Waals surface area (Å²) in [4.78, 5) is 44.9. The second kappa shape index (κ2) is 10.6. The lowest BCUT2D eigenvalue weighted by molar-refractivity contribution is -0.384. The molecule has 0 unspecified atom stereocenters. The third-order valence-corrected chi connectivity index (χ3v) is 6.06. The van der Waals surface area contributed by atoms with E-state index in [2.05, 4.69) is 0 Å². The number of rotatable bonds is 8. The number of carbonyl (C=O) groups excluding carboxylic acids is 2. The van der Waals surface area contributed by atoms with Crippen molar-refractivity contribution in [2.75, 3.05) is 18.3 Å². The van der Waals surface area contributed by atoms with Crippen LogP contribution in [0.2, 0.25) is 0 Å². The average molecular weight is 491 g/mol. The Labute approximate surface area is 208 Å². The van der Waals surface area contributed by atoms with Crippen molar-refractivity contribution in [1.29, 1.82) is 0 Å². The van der Waals surface area contributed by atoms with Crippen LogP contribution in [0.3, 0.4) is 0 Å². The first kappa shape index (κ1) is 24.9. The zero-order valence-electron chi connectivity index (χ0n) is 19.9. The van der Waals surface area contributed by atoms with Crippen molar-refractivity contribution >= 4 is 23.3 Å². The van der Waals surface area contributed by atoms with E-state index in [0.717, 1.165) is 0 Å². The van der Waals surface area contributed by atoms with E-state index in [-0.39, 0.29) is 18.9 Å². The molecule has 4 rings (SSSR count). The van der Waals surface area contributed by atoms with Crippen LogP contribution in [0.15, 0.2) is 84.9 Å². The number of nitrogens with zero attached hydrogens (tertiary/aromatic N) is 2. The van der Waals surface area contributed by atoms with Crippen LogP contribution in [0.1, 0.15) is 37.1 Å². The van der Waals surface area contributed by atoms with Gasteiger partial charge in [0.05, 0.1) is 23.8 Å². The van der Waals surface area contributed by atoms with E-state index in [4.69, 9.17) is 14.3 Å². The molecule has 0 radical (unpaired) electrons. The van der Waals surface area contributed by atoms with Crippen LogP contribution < -0.4 is 5.06 Å². The Bertz CT molecular complexity index is 1200. The molecule has 1 heterocycles. The fourth-order valence-corrected chi connectivity index (χ4v) is 4.52. The molecule has 9 nitrogen and oxygen atoms in total. The highest BCUT2D eigenvalue weighted by Gasteiger charge is 2.69. The fourth-order valence-electron chi connectivity index (χ4n) is 4.52. The zero-order chi connectivity index (χ0) is 25.7. The number of hydrogen-bond donors (Lipinski definition) is 0. The van der Waals surface area contributed by atoms with Gasteiger partial charge >= 0.3 is 11.9 Å². The van der Waals surface area contributed by atoms with Crippen molar-refractivity contribution in [1.82, 2.24) is 0 Å². The van der Waals surface area contributed by atoms with E-state index in [1.54, 1.807) is 50.2 Å². The smallest absolute Gasteiger partial charge is 0.329 e. The highest BCUT2D eigenvalue weighted by Crippen LogP contribution is 2.58. The molecule has 0 bridgehead atoms. The van der Waals surface area contributed by atoms with E-state index >= 15 is 0 Å². The minimum absolute atomic E-state index is 0.0276. The highest BCUT2D eigenvalue weighted by molar-refractivity contribution is 6.03. The van der Waals surface area contributed by atoms with Gasteiger partial charge in [0.1, 0.15) is 12.1 Å². The lowest BCUT2D eigenvalue weighted by atomic mass is 9.71. The first-order chi connectivity index (χ1) is 17.4. The van der Waals surface area contributed by atoms with Crippen LogP contribution in [0, 0.1) is 15.5 Å². The van der Waals surface area contributed by atoms with Crippen LogP contribution in [0.5, 0.6) is 0 Å². The molecule has 0 amide bonds. The summed E-state index contributed by atoms with van der Waals surface area (Å²) in [5.74, 6) is -1.61. The highest BCUT2D eigenvalue weighted by atomic mass is 16.7. The van der Waals surface area contributed by atoms with Gasteiger partial charge in [-0.2, -0.15) is 0 Å². The Morgan fingerprint density at radius 3 is 1.89 bits per heavy atom. The van der Waals surface area contributed by atoms with Gasteiger partial charge in [0.2, 0.25) is 5.41 Å². The lowest BCUT2D eigenvalue weighted by Crippen LogP contribution is -2.49. The first-order valence-electron chi connectivity index (χ1n) is 11.6. The van der Waals surface area contributed by atoms with Gasteiger partial charge in [0.25, 0.3) is 5.69 Å². The molecule has 36 heavy (non-hydrogen) atoms. The third-order valence-electron chi connectivity index (χ3n) is 6.06. The van der Waals surface area contributed by atoms with Gasteiger partial charge in [-0.15, -0.1) is 0 Å². The molecule has 3 aromatic carbocycles. The summed E-state index contributed by atoms with van der Waals surface area (Å²) in [5.41, 5.74) is -0.477. The molecule has 0 saturated carbocycles. The molecule has 2 atom stereocenters. The molecule has 1 aliphatic heterocycles. The number of carbonyl (C=O) groups is 2. The summed E-state index contributed by atoms with van der Waals surface area (Å²) >= 11 is 0. The average Bonchev–Trinajstić information content (AvgIpc) is 3.27. The number of nitro groups is 1. The molecule has 1 saturated heterocycles. The SMILES string of the molecule is CCOC(=O)C1(C(=O)OCC)[C@H](c2ccccc2)N(c2ccccc2)O[C@H]1c1ccc([N+](=O)[O-])cc1. The topological polar surface area (TPSA) is 108 Å². The summed E-state index contributed by atoms with van der Waals surface area (Å²) in [7, 11) is 0. The van der Waals surface area contributed by atoms with E-state index in [1.807, 2.05) is 24.3 Å². The molecular weight excluding hydrogens is 464 g/mol. The molecule has 0 aliphatic carbocycles. The summed E-state index contributed by atoms with van der Waals surface area (Å²) in [5, 5.41) is 12.8. The quantitative estimate of drug-likeness (QED) is 0.189. The number of ether oxygens (including phenoxy) is 2. The minimum Gasteiger partial charge on any atom is -0.465 e. The molecule has 0 aromatic heterocycles. The monoisotopic (exact) mass is 490 g/mol. The lowest BCUT2D eigenvalue weighted by Gasteiger charge is -2.34. The van der Waals surface area contributed by atoms with E-state index in [0.29, 0.717) is 16.8 Å². The Balaban J connectivity index is 2.01. The van der Waals surface area contributed by atoms with Crippen molar-refractivity contribution in [2.24, 2.45) is 5.41 Å². The number of benzene rings is 3. The number of hydrogen-bond acceptors (Lipinski definition) is 8. The summed E-state index contributed by atoms with van der Waals surface area (Å²) in [6.45, 7) is 3.36. The summed E-state index contributed by atoms with van der Waals surface area (Å²) in [6, 6.07) is 22.7. The number of nitro benzene ring substituents is 1. The second-order valence-corrected chi connectivity index (χ2v) is 8.12. The van der Waals surface area contributed by atoms with Gasteiger partial charge in [-0.25, -0.2) is 5.06 Å².